The molecule has 4 nitrogen and oxygen atoms in total. The summed E-state index contributed by atoms with van der Waals surface area (Å²) < 4.78 is 1.97. The van der Waals surface area contributed by atoms with Gasteiger partial charge >= 0.3 is 0 Å². The van der Waals surface area contributed by atoms with Gasteiger partial charge in [0.1, 0.15) is 12.4 Å². The van der Waals surface area contributed by atoms with Crippen LogP contribution in [0, 0.1) is 0 Å². The number of carbonyl (C=O) groups excluding carboxylic acids is 1. The number of rotatable bonds is 6. The number of hydrogen-bond acceptors (Lipinski definition) is 2. The number of aromatic nitrogens is 2. The van der Waals surface area contributed by atoms with Crippen LogP contribution >= 0.6 is 11.6 Å². The maximum absolute atomic E-state index is 12.9. The normalized spacial score (nSPS) is 11.0. The van der Waals surface area contributed by atoms with E-state index in [-0.39, 0.29) is 12.5 Å². The number of benzene rings is 3. The molecule has 0 bridgehead atoms. The highest BCUT2D eigenvalue weighted by Gasteiger charge is 2.15. The minimum Gasteiger partial charge on any atom is -0.324 e. The number of halogens is 1. The molecule has 1 amide bonds. The Labute approximate surface area is 175 Å². The number of nitrogens with zero attached hydrogens (tertiary/aromatic N) is 2. The van der Waals surface area contributed by atoms with Crippen molar-refractivity contribution < 1.29 is 4.79 Å². The fourth-order valence-electron chi connectivity index (χ4n) is 3.53. The third-order valence-electron chi connectivity index (χ3n) is 5.01. The van der Waals surface area contributed by atoms with Crippen LogP contribution in [-0.4, -0.2) is 15.5 Å². The SMILES string of the molecule is CCc1ccccc1NC(=O)Cn1c(Cc2ccccc2Cl)nc2ccccc21. The smallest absolute Gasteiger partial charge is 0.244 e. The van der Waals surface area contributed by atoms with Crippen LogP contribution in [0.4, 0.5) is 5.69 Å². The van der Waals surface area contributed by atoms with Crippen LogP contribution < -0.4 is 5.32 Å². The summed E-state index contributed by atoms with van der Waals surface area (Å²) in [5.41, 5.74) is 4.77. The molecule has 146 valence electrons. The van der Waals surface area contributed by atoms with Crippen molar-refractivity contribution in [3.63, 3.8) is 0 Å². The van der Waals surface area contributed by atoms with Crippen molar-refractivity contribution in [3.05, 3.63) is 94.8 Å². The van der Waals surface area contributed by atoms with Gasteiger partial charge in [0.15, 0.2) is 0 Å². The molecule has 4 rings (SSSR count). The van der Waals surface area contributed by atoms with Gasteiger partial charge < -0.3 is 9.88 Å². The van der Waals surface area contributed by atoms with Gasteiger partial charge in [-0.2, -0.15) is 0 Å². The summed E-state index contributed by atoms with van der Waals surface area (Å²) in [5, 5.41) is 3.75. The Kier molecular flexibility index (Phi) is 5.63. The van der Waals surface area contributed by atoms with Crippen LogP contribution in [0.1, 0.15) is 23.9 Å². The number of nitrogens with one attached hydrogen (secondary N) is 1. The third-order valence-corrected chi connectivity index (χ3v) is 5.38. The molecule has 0 aliphatic carbocycles. The molecule has 0 fully saturated rings. The summed E-state index contributed by atoms with van der Waals surface area (Å²) in [7, 11) is 0. The highest BCUT2D eigenvalue weighted by atomic mass is 35.5. The number of aryl methyl sites for hydroxylation is 1. The zero-order valence-corrected chi connectivity index (χ0v) is 17.0. The fourth-order valence-corrected chi connectivity index (χ4v) is 3.74. The molecule has 0 radical (unpaired) electrons. The van der Waals surface area contributed by atoms with Gasteiger partial charge in [0.25, 0.3) is 0 Å². The second kappa shape index (κ2) is 8.50. The van der Waals surface area contributed by atoms with E-state index in [0.29, 0.717) is 11.4 Å². The summed E-state index contributed by atoms with van der Waals surface area (Å²) in [6.45, 7) is 2.27. The van der Waals surface area contributed by atoms with Gasteiger partial charge in [-0.3, -0.25) is 4.79 Å². The molecule has 0 saturated carbocycles. The van der Waals surface area contributed by atoms with E-state index in [2.05, 4.69) is 12.2 Å². The number of amides is 1. The van der Waals surface area contributed by atoms with Crippen molar-refractivity contribution in [1.29, 1.82) is 0 Å². The first-order valence-corrected chi connectivity index (χ1v) is 10.1. The van der Waals surface area contributed by atoms with E-state index in [1.807, 2.05) is 77.4 Å². The molecule has 1 aromatic heterocycles. The standard InChI is InChI=1S/C24H22ClN3O/c1-2-17-9-4-6-12-20(17)27-24(29)16-28-22-14-8-7-13-21(22)26-23(28)15-18-10-3-5-11-19(18)25/h3-14H,2,15-16H2,1H3,(H,27,29). The minimum absolute atomic E-state index is 0.0746. The van der Waals surface area contributed by atoms with Crippen LogP contribution in [0.2, 0.25) is 5.02 Å². The summed E-state index contributed by atoms with van der Waals surface area (Å²) in [6, 6.07) is 23.5. The molecule has 0 saturated heterocycles. The molecule has 5 heteroatoms. The number of imidazole rings is 1. The Bertz CT molecular complexity index is 1170. The lowest BCUT2D eigenvalue weighted by atomic mass is 10.1. The Morgan fingerprint density at radius 2 is 1.66 bits per heavy atom. The van der Waals surface area contributed by atoms with E-state index in [4.69, 9.17) is 16.6 Å². The first-order valence-electron chi connectivity index (χ1n) is 9.71. The Morgan fingerprint density at radius 1 is 0.966 bits per heavy atom. The highest BCUT2D eigenvalue weighted by molar-refractivity contribution is 6.31. The molecule has 0 aliphatic rings. The van der Waals surface area contributed by atoms with Gasteiger partial charge in [0.2, 0.25) is 5.91 Å². The predicted octanol–water partition coefficient (Wildman–Crippen LogP) is 5.48. The molecule has 1 N–H and O–H groups in total. The molecule has 0 aliphatic heterocycles. The van der Waals surface area contributed by atoms with Crippen LogP contribution in [-0.2, 0) is 24.2 Å². The van der Waals surface area contributed by atoms with E-state index >= 15 is 0 Å². The topological polar surface area (TPSA) is 46.9 Å². The molecule has 0 spiro atoms. The van der Waals surface area contributed by atoms with Crippen molar-refractivity contribution in [2.24, 2.45) is 0 Å². The summed E-state index contributed by atoms with van der Waals surface area (Å²) in [5.74, 6) is 0.743. The highest BCUT2D eigenvalue weighted by Crippen LogP contribution is 2.23. The number of hydrogen-bond donors (Lipinski definition) is 1. The van der Waals surface area contributed by atoms with Crippen molar-refractivity contribution in [3.8, 4) is 0 Å². The zero-order valence-electron chi connectivity index (χ0n) is 16.2. The van der Waals surface area contributed by atoms with Gasteiger partial charge in [-0.25, -0.2) is 4.98 Å². The average molecular weight is 404 g/mol. The van der Waals surface area contributed by atoms with E-state index in [0.717, 1.165) is 40.1 Å². The van der Waals surface area contributed by atoms with Crippen LogP contribution in [0.3, 0.4) is 0 Å². The Balaban J connectivity index is 1.65. The summed E-state index contributed by atoms with van der Waals surface area (Å²) >= 11 is 6.36. The minimum atomic E-state index is -0.0746. The third kappa shape index (κ3) is 4.17. The van der Waals surface area contributed by atoms with Gasteiger partial charge in [-0.05, 0) is 41.8 Å². The van der Waals surface area contributed by atoms with E-state index < -0.39 is 0 Å². The van der Waals surface area contributed by atoms with Crippen LogP contribution in [0.5, 0.6) is 0 Å². The van der Waals surface area contributed by atoms with E-state index in [1.165, 1.54) is 0 Å². The molecule has 1 heterocycles. The van der Waals surface area contributed by atoms with Gasteiger partial charge in [-0.1, -0.05) is 67.1 Å². The number of fused-ring (bicyclic) bond motifs is 1. The largest absolute Gasteiger partial charge is 0.324 e. The van der Waals surface area contributed by atoms with Crippen LogP contribution in [0.15, 0.2) is 72.8 Å². The lowest BCUT2D eigenvalue weighted by molar-refractivity contribution is -0.116. The van der Waals surface area contributed by atoms with Crippen LogP contribution in [0.25, 0.3) is 11.0 Å². The maximum Gasteiger partial charge on any atom is 0.244 e. The monoisotopic (exact) mass is 403 g/mol. The quantitative estimate of drug-likeness (QED) is 0.463. The molecule has 0 atom stereocenters. The molecule has 3 aromatic carbocycles. The summed E-state index contributed by atoms with van der Waals surface area (Å²) in [6.07, 6.45) is 1.43. The molecule has 29 heavy (non-hydrogen) atoms. The first-order chi connectivity index (χ1) is 14.2. The second-order valence-corrected chi connectivity index (χ2v) is 7.34. The van der Waals surface area contributed by atoms with Crippen molar-refractivity contribution in [1.82, 2.24) is 9.55 Å². The number of anilines is 1. The van der Waals surface area contributed by atoms with Crippen molar-refractivity contribution in [2.45, 2.75) is 26.3 Å². The molecule has 4 aromatic rings. The second-order valence-electron chi connectivity index (χ2n) is 6.93. The lowest BCUT2D eigenvalue weighted by Crippen LogP contribution is -2.21. The predicted molar refractivity (Wildman–Crippen MR) is 118 cm³/mol. The maximum atomic E-state index is 12.9. The van der Waals surface area contributed by atoms with Crippen molar-refractivity contribution in [2.75, 3.05) is 5.32 Å². The Morgan fingerprint density at radius 3 is 2.45 bits per heavy atom. The lowest BCUT2D eigenvalue weighted by Gasteiger charge is -2.13. The van der Waals surface area contributed by atoms with E-state index in [1.54, 1.807) is 0 Å². The van der Waals surface area contributed by atoms with Gasteiger partial charge in [-0.15, -0.1) is 0 Å². The van der Waals surface area contributed by atoms with Gasteiger partial charge in [0.05, 0.1) is 11.0 Å². The average Bonchev–Trinajstić information content (AvgIpc) is 3.07. The van der Waals surface area contributed by atoms with Gasteiger partial charge in [0, 0.05) is 17.1 Å². The molecule has 0 unspecified atom stereocenters. The Hall–Kier alpha value is -3.11. The first kappa shape index (κ1) is 19.2. The summed E-state index contributed by atoms with van der Waals surface area (Å²) in [4.78, 5) is 17.6. The molecular formula is C24H22ClN3O. The van der Waals surface area contributed by atoms with E-state index in [9.17, 15) is 4.79 Å². The number of para-hydroxylation sites is 3. The number of carbonyl (C=O) groups is 1. The van der Waals surface area contributed by atoms with Crippen molar-refractivity contribution >= 4 is 34.2 Å². The molecular weight excluding hydrogens is 382 g/mol. The fraction of sp³-hybridized carbons (Fsp3) is 0.167. The zero-order chi connectivity index (χ0) is 20.2.